The zero-order valence-corrected chi connectivity index (χ0v) is 14.6. The van der Waals surface area contributed by atoms with E-state index in [9.17, 15) is 0 Å². The second-order valence-electron chi connectivity index (χ2n) is 4.98. The Bertz CT molecular complexity index is 610. The minimum Gasteiger partial charge on any atom is -0.356 e. The van der Waals surface area contributed by atoms with Crippen LogP contribution in [0.25, 0.3) is 0 Å². The Morgan fingerprint density at radius 3 is 2.52 bits per heavy atom. The smallest absolute Gasteiger partial charge is 0.171 e. The molecule has 0 bridgehead atoms. The normalized spacial score (nSPS) is 11.8. The summed E-state index contributed by atoms with van der Waals surface area (Å²) in [5.74, 6) is 0. The number of hydrogen-bond donors (Lipinski definition) is 2. The van der Waals surface area contributed by atoms with Gasteiger partial charge in [-0.05, 0) is 61.0 Å². The molecule has 1 atom stereocenters. The highest BCUT2D eigenvalue weighted by Crippen LogP contribution is 2.20. The first-order valence-corrected chi connectivity index (χ1v) is 8.18. The van der Waals surface area contributed by atoms with Gasteiger partial charge in [-0.25, -0.2) is 0 Å². The second-order valence-corrected chi connectivity index (χ2v) is 6.30. The van der Waals surface area contributed by atoms with Crippen LogP contribution < -0.4 is 10.6 Å². The fourth-order valence-corrected chi connectivity index (χ4v) is 2.69. The van der Waals surface area contributed by atoms with Crippen molar-refractivity contribution in [3.63, 3.8) is 0 Å². The van der Waals surface area contributed by atoms with Crippen molar-refractivity contribution in [1.29, 1.82) is 0 Å². The summed E-state index contributed by atoms with van der Waals surface area (Å²) in [4.78, 5) is 0. The molecular weight excluding hydrogens is 344 g/mol. The zero-order valence-electron chi connectivity index (χ0n) is 12.2. The van der Waals surface area contributed by atoms with Crippen molar-refractivity contribution in [1.82, 2.24) is 5.32 Å². The largest absolute Gasteiger partial charge is 0.356 e. The molecule has 0 saturated carbocycles. The number of anilines is 1. The summed E-state index contributed by atoms with van der Waals surface area (Å²) in [6, 6.07) is 16.7. The molecule has 21 heavy (non-hydrogen) atoms. The molecule has 4 heteroatoms. The summed E-state index contributed by atoms with van der Waals surface area (Å²) >= 11 is 8.88. The van der Waals surface area contributed by atoms with Gasteiger partial charge in [0.05, 0.1) is 6.04 Å². The van der Waals surface area contributed by atoms with Gasteiger partial charge < -0.3 is 10.6 Å². The minimum atomic E-state index is 0.211. The predicted molar refractivity (Wildman–Crippen MR) is 97.7 cm³/mol. The Balaban J connectivity index is 2.01. The molecule has 0 fully saturated rings. The average molecular weight is 363 g/mol. The van der Waals surface area contributed by atoms with Gasteiger partial charge in [-0.1, -0.05) is 47.1 Å². The number of rotatable bonds is 4. The summed E-state index contributed by atoms with van der Waals surface area (Å²) in [6.07, 6.45) is 0.970. The van der Waals surface area contributed by atoms with Gasteiger partial charge in [-0.15, -0.1) is 0 Å². The highest BCUT2D eigenvalue weighted by Gasteiger charge is 2.10. The molecular formula is C17H19BrN2S. The van der Waals surface area contributed by atoms with Crippen LogP contribution in [0.4, 0.5) is 5.69 Å². The van der Waals surface area contributed by atoms with E-state index in [4.69, 9.17) is 12.2 Å². The van der Waals surface area contributed by atoms with Crippen molar-refractivity contribution in [2.24, 2.45) is 0 Å². The van der Waals surface area contributed by atoms with Crippen LogP contribution in [0.3, 0.4) is 0 Å². The van der Waals surface area contributed by atoms with Gasteiger partial charge >= 0.3 is 0 Å². The van der Waals surface area contributed by atoms with E-state index in [1.165, 1.54) is 11.1 Å². The van der Waals surface area contributed by atoms with E-state index in [2.05, 4.69) is 76.8 Å². The summed E-state index contributed by atoms with van der Waals surface area (Å²) in [7, 11) is 0. The minimum absolute atomic E-state index is 0.211. The molecule has 0 unspecified atom stereocenters. The predicted octanol–water partition coefficient (Wildman–Crippen LogP) is 5.20. The average Bonchev–Trinajstić information content (AvgIpc) is 2.46. The number of nitrogens with one attached hydrogen (secondary N) is 2. The van der Waals surface area contributed by atoms with E-state index < -0.39 is 0 Å². The van der Waals surface area contributed by atoms with E-state index in [-0.39, 0.29) is 6.04 Å². The molecule has 0 spiro atoms. The van der Waals surface area contributed by atoms with E-state index in [0.717, 1.165) is 16.6 Å². The molecule has 0 heterocycles. The van der Waals surface area contributed by atoms with Gasteiger partial charge in [0.15, 0.2) is 5.11 Å². The molecule has 2 aromatic carbocycles. The van der Waals surface area contributed by atoms with Crippen molar-refractivity contribution in [3.05, 3.63) is 64.1 Å². The standard InChI is InChI=1S/C17H19BrN2S/c1-3-16(13-7-9-14(18)10-8-13)20-17(21)19-15-6-4-5-12(2)11-15/h4-11,16H,3H2,1-2H3,(H2,19,20,21)/t16-/m0/s1. The van der Waals surface area contributed by atoms with E-state index in [1.807, 2.05) is 12.1 Å². The monoisotopic (exact) mass is 362 g/mol. The summed E-state index contributed by atoms with van der Waals surface area (Å²) in [5, 5.41) is 7.26. The number of halogens is 1. The highest BCUT2D eigenvalue weighted by atomic mass is 79.9. The topological polar surface area (TPSA) is 24.1 Å². The number of hydrogen-bond acceptors (Lipinski definition) is 1. The molecule has 2 rings (SSSR count). The lowest BCUT2D eigenvalue weighted by atomic mass is 10.1. The molecule has 2 N–H and O–H groups in total. The van der Waals surface area contributed by atoms with Crippen LogP contribution in [0.15, 0.2) is 53.0 Å². The van der Waals surface area contributed by atoms with E-state index >= 15 is 0 Å². The van der Waals surface area contributed by atoms with Crippen LogP contribution >= 0.6 is 28.1 Å². The van der Waals surface area contributed by atoms with Crippen molar-refractivity contribution < 1.29 is 0 Å². The molecule has 0 aliphatic rings. The summed E-state index contributed by atoms with van der Waals surface area (Å²) < 4.78 is 1.08. The number of benzene rings is 2. The first kappa shape index (κ1) is 16.0. The van der Waals surface area contributed by atoms with Crippen molar-refractivity contribution in [2.75, 3.05) is 5.32 Å². The van der Waals surface area contributed by atoms with Crippen molar-refractivity contribution in [2.45, 2.75) is 26.3 Å². The van der Waals surface area contributed by atoms with Crippen LogP contribution in [-0.2, 0) is 0 Å². The maximum atomic E-state index is 5.42. The lowest BCUT2D eigenvalue weighted by molar-refractivity contribution is 0.629. The first-order valence-electron chi connectivity index (χ1n) is 6.98. The van der Waals surface area contributed by atoms with Crippen LogP contribution in [0.5, 0.6) is 0 Å². The Morgan fingerprint density at radius 2 is 1.90 bits per heavy atom. The van der Waals surface area contributed by atoms with Gasteiger partial charge in [0.1, 0.15) is 0 Å². The molecule has 110 valence electrons. The SMILES string of the molecule is CC[C@H](NC(=S)Nc1cccc(C)c1)c1ccc(Br)cc1. The third-order valence-electron chi connectivity index (χ3n) is 3.26. The molecule has 0 aliphatic heterocycles. The fourth-order valence-electron chi connectivity index (χ4n) is 2.16. The molecule has 0 saturated heterocycles. The highest BCUT2D eigenvalue weighted by molar-refractivity contribution is 9.10. The molecule has 0 aliphatic carbocycles. The second kappa shape index (κ2) is 7.57. The Morgan fingerprint density at radius 1 is 1.19 bits per heavy atom. The quantitative estimate of drug-likeness (QED) is 0.731. The first-order chi connectivity index (χ1) is 10.1. The maximum Gasteiger partial charge on any atom is 0.171 e. The molecule has 0 radical (unpaired) electrons. The third kappa shape index (κ3) is 4.83. The van der Waals surface area contributed by atoms with Crippen molar-refractivity contribution in [3.8, 4) is 0 Å². The zero-order chi connectivity index (χ0) is 15.2. The van der Waals surface area contributed by atoms with Gasteiger partial charge in [-0.3, -0.25) is 0 Å². The van der Waals surface area contributed by atoms with Gasteiger partial charge in [-0.2, -0.15) is 0 Å². The Kier molecular flexibility index (Phi) is 5.76. The maximum absolute atomic E-state index is 5.42. The lowest BCUT2D eigenvalue weighted by Crippen LogP contribution is -2.32. The third-order valence-corrected chi connectivity index (χ3v) is 4.01. The molecule has 2 aromatic rings. The van der Waals surface area contributed by atoms with Crippen LogP contribution in [-0.4, -0.2) is 5.11 Å². The number of thiocarbonyl (C=S) groups is 1. The molecule has 0 amide bonds. The Labute approximate surface area is 140 Å². The van der Waals surface area contributed by atoms with Crippen LogP contribution in [0.2, 0.25) is 0 Å². The van der Waals surface area contributed by atoms with Gasteiger partial charge in [0, 0.05) is 10.2 Å². The molecule has 0 aromatic heterocycles. The van der Waals surface area contributed by atoms with Crippen molar-refractivity contribution >= 4 is 38.9 Å². The summed E-state index contributed by atoms with van der Waals surface area (Å²) in [5.41, 5.74) is 3.45. The lowest BCUT2D eigenvalue weighted by Gasteiger charge is -2.20. The Hall–Kier alpha value is -1.39. The van der Waals surface area contributed by atoms with Crippen LogP contribution in [0.1, 0.15) is 30.5 Å². The van der Waals surface area contributed by atoms with Gasteiger partial charge in [0.2, 0.25) is 0 Å². The van der Waals surface area contributed by atoms with Crippen LogP contribution in [0, 0.1) is 6.92 Å². The fraction of sp³-hybridized carbons (Fsp3) is 0.235. The number of aryl methyl sites for hydroxylation is 1. The molecule has 2 nitrogen and oxygen atoms in total. The van der Waals surface area contributed by atoms with Gasteiger partial charge in [0.25, 0.3) is 0 Å². The van der Waals surface area contributed by atoms with E-state index in [1.54, 1.807) is 0 Å². The van der Waals surface area contributed by atoms with E-state index in [0.29, 0.717) is 5.11 Å². The summed E-state index contributed by atoms with van der Waals surface area (Å²) in [6.45, 7) is 4.22.